The normalized spacial score (nSPS) is 25.4. The molecule has 2 N–H and O–H groups in total. The second kappa shape index (κ2) is 6.45. The fraction of sp³-hybridized carbons (Fsp3) is 0.562. The van der Waals surface area contributed by atoms with E-state index in [1.807, 2.05) is 24.3 Å². The number of fused-ring (bicyclic) bond motifs is 1. The summed E-state index contributed by atoms with van der Waals surface area (Å²) in [5.41, 5.74) is 0.789. The minimum absolute atomic E-state index is 0.0488. The average molecular weight is 289 g/mol. The van der Waals surface area contributed by atoms with Gasteiger partial charge in [-0.15, -0.1) is 0 Å². The molecular formula is C16H23N3O2. The number of nitrogens with one attached hydrogen (secondary N) is 2. The Labute approximate surface area is 125 Å². The number of anilines is 1. The van der Waals surface area contributed by atoms with Crippen LogP contribution in [0, 0.1) is 5.92 Å². The molecule has 0 aliphatic carbocycles. The van der Waals surface area contributed by atoms with E-state index in [4.69, 9.17) is 4.74 Å². The number of methoxy groups -OCH3 is 1. The number of ether oxygens (including phenoxy) is 1. The molecule has 2 aliphatic rings. The van der Waals surface area contributed by atoms with Crippen molar-refractivity contribution >= 4 is 11.6 Å². The molecule has 3 rings (SSSR count). The minimum atomic E-state index is 0.0488. The van der Waals surface area contributed by atoms with E-state index < -0.39 is 0 Å². The van der Waals surface area contributed by atoms with Crippen molar-refractivity contribution in [1.29, 1.82) is 0 Å². The van der Waals surface area contributed by atoms with Gasteiger partial charge >= 0.3 is 0 Å². The molecule has 21 heavy (non-hydrogen) atoms. The third-order valence-electron chi connectivity index (χ3n) is 4.46. The number of benzene rings is 1. The van der Waals surface area contributed by atoms with Gasteiger partial charge in [-0.3, -0.25) is 9.69 Å². The van der Waals surface area contributed by atoms with E-state index in [9.17, 15) is 4.79 Å². The van der Waals surface area contributed by atoms with Gasteiger partial charge in [-0.2, -0.15) is 0 Å². The summed E-state index contributed by atoms with van der Waals surface area (Å²) in [6.07, 6.45) is 2.38. The Morgan fingerprint density at radius 1 is 1.48 bits per heavy atom. The standard InChI is InChI=1S/C16H23N3O2/c1-21-14-4-2-3-13(9-14)18-16(20)11-19-8-6-15-12(10-19)5-7-17-15/h2-4,9,12,15,17H,5-8,10-11H2,1H3,(H,18,20). The van der Waals surface area contributed by atoms with Gasteiger partial charge in [0.1, 0.15) is 5.75 Å². The maximum atomic E-state index is 12.2. The maximum Gasteiger partial charge on any atom is 0.238 e. The van der Waals surface area contributed by atoms with Crippen LogP contribution in [0.2, 0.25) is 0 Å². The summed E-state index contributed by atoms with van der Waals surface area (Å²) in [5.74, 6) is 1.52. The summed E-state index contributed by atoms with van der Waals surface area (Å²) < 4.78 is 5.17. The van der Waals surface area contributed by atoms with Gasteiger partial charge in [-0.05, 0) is 37.4 Å². The fourth-order valence-corrected chi connectivity index (χ4v) is 3.37. The van der Waals surface area contributed by atoms with Crippen LogP contribution in [0.3, 0.4) is 0 Å². The number of amides is 1. The monoisotopic (exact) mass is 289 g/mol. The van der Waals surface area contributed by atoms with E-state index in [0.717, 1.165) is 37.5 Å². The number of carbonyl (C=O) groups is 1. The van der Waals surface area contributed by atoms with E-state index in [1.54, 1.807) is 7.11 Å². The van der Waals surface area contributed by atoms with Crippen LogP contribution >= 0.6 is 0 Å². The van der Waals surface area contributed by atoms with Gasteiger partial charge in [0.15, 0.2) is 0 Å². The molecule has 2 unspecified atom stereocenters. The predicted octanol–water partition coefficient (Wildman–Crippen LogP) is 1.32. The Morgan fingerprint density at radius 2 is 2.38 bits per heavy atom. The van der Waals surface area contributed by atoms with Gasteiger partial charge in [0.05, 0.1) is 13.7 Å². The van der Waals surface area contributed by atoms with Crippen molar-refractivity contribution in [2.24, 2.45) is 5.92 Å². The van der Waals surface area contributed by atoms with Crippen LogP contribution in [-0.4, -0.2) is 50.1 Å². The molecule has 1 aromatic rings. The molecule has 2 fully saturated rings. The summed E-state index contributed by atoms with van der Waals surface area (Å²) in [6.45, 7) is 3.63. The summed E-state index contributed by atoms with van der Waals surface area (Å²) in [6, 6.07) is 8.14. The molecule has 1 amide bonds. The Bertz CT molecular complexity index is 506. The van der Waals surface area contributed by atoms with Gasteiger partial charge < -0.3 is 15.4 Å². The molecule has 5 nitrogen and oxygen atoms in total. The van der Waals surface area contributed by atoms with E-state index in [2.05, 4.69) is 15.5 Å². The lowest BCUT2D eigenvalue weighted by atomic mass is 9.93. The molecule has 2 atom stereocenters. The zero-order chi connectivity index (χ0) is 14.7. The van der Waals surface area contributed by atoms with Crippen molar-refractivity contribution in [1.82, 2.24) is 10.2 Å². The van der Waals surface area contributed by atoms with Crippen LogP contribution in [0.1, 0.15) is 12.8 Å². The minimum Gasteiger partial charge on any atom is -0.497 e. The zero-order valence-corrected chi connectivity index (χ0v) is 12.5. The first-order chi connectivity index (χ1) is 10.2. The number of nitrogens with zero attached hydrogens (tertiary/aromatic N) is 1. The second-order valence-corrected chi connectivity index (χ2v) is 5.91. The number of piperidine rings is 1. The first kappa shape index (κ1) is 14.4. The van der Waals surface area contributed by atoms with Crippen LogP contribution in [-0.2, 0) is 4.79 Å². The average Bonchev–Trinajstić information content (AvgIpc) is 2.95. The Hall–Kier alpha value is -1.59. The lowest BCUT2D eigenvalue weighted by Crippen LogP contribution is -2.46. The van der Waals surface area contributed by atoms with Gasteiger partial charge in [-0.25, -0.2) is 0 Å². The van der Waals surface area contributed by atoms with E-state index in [1.165, 1.54) is 6.42 Å². The van der Waals surface area contributed by atoms with Gasteiger partial charge in [0.2, 0.25) is 5.91 Å². The highest BCUT2D eigenvalue weighted by Crippen LogP contribution is 2.24. The lowest BCUT2D eigenvalue weighted by molar-refractivity contribution is -0.117. The highest BCUT2D eigenvalue weighted by atomic mass is 16.5. The first-order valence-corrected chi connectivity index (χ1v) is 7.64. The highest BCUT2D eigenvalue weighted by Gasteiger charge is 2.32. The van der Waals surface area contributed by atoms with Crippen molar-refractivity contribution in [3.05, 3.63) is 24.3 Å². The topological polar surface area (TPSA) is 53.6 Å². The number of hydrogen-bond donors (Lipinski definition) is 2. The van der Waals surface area contributed by atoms with Crippen LogP contribution in [0.5, 0.6) is 5.75 Å². The molecule has 114 valence electrons. The Morgan fingerprint density at radius 3 is 3.24 bits per heavy atom. The molecule has 2 saturated heterocycles. The van der Waals surface area contributed by atoms with Crippen LogP contribution in [0.25, 0.3) is 0 Å². The van der Waals surface area contributed by atoms with Gasteiger partial charge in [-0.1, -0.05) is 6.07 Å². The van der Waals surface area contributed by atoms with Crippen molar-refractivity contribution in [3.8, 4) is 5.75 Å². The maximum absolute atomic E-state index is 12.2. The molecule has 0 radical (unpaired) electrons. The highest BCUT2D eigenvalue weighted by molar-refractivity contribution is 5.92. The van der Waals surface area contributed by atoms with Crippen LogP contribution in [0.15, 0.2) is 24.3 Å². The van der Waals surface area contributed by atoms with Crippen LogP contribution < -0.4 is 15.4 Å². The summed E-state index contributed by atoms with van der Waals surface area (Å²) in [5, 5.41) is 6.49. The largest absolute Gasteiger partial charge is 0.497 e. The smallest absolute Gasteiger partial charge is 0.238 e. The van der Waals surface area contributed by atoms with Gasteiger partial charge in [0.25, 0.3) is 0 Å². The first-order valence-electron chi connectivity index (χ1n) is 7.64. The third kappa shape index (κ3) is 3.54. The third-order valence-corrected chi connectivity index (χ3v) is 4.46. The number of rotatable bonds is 4. The Balaban J connectivity index is 1.51. The second-order valence-electron chi connectivity index (χ2n) is 5.91. The predicted molar refractivity (Wildman–Crippen MR) is 82.6 cm³/mol. The van der Waals surface area contributed by atoms with Crippen molar-refractivity contribution in [2.75, 3.05) is 38.6 Å². The Kier molecular flexibility index (Phi) is 4.41. The number of likely N-dealkylation sites (tertiary alicyclic amines) is 1. The molecule has 0 saturated carbocycles. The van der Waals surface area contributed by atoms with Crippen molar-refractivity contribution < 1.29 is 9.53 Å². The summed E-state index contributed by atoms with van der Waals surface area (Å²) in [7, 11) is 1.63. The van der Waals surface area contributed by atoms with Crippen LogP contribution in [0.4, 0.5) is 5.69 Å². The molecular weight excluding hydrogens is 266 g/mol. The molecule has 0 bridgehead atoms. The van der Waals surface area contributed by atoms with Crippen molar-refractivity contribution in [3.63, 3.8) is 0 Å². The number of carbonyl (C=O) groups excluding carboxylic acids is 1. The lowest BCUT2D eigenvalue weighted by Gasteiger charge is -2.34. The molecule has 2 aliphatic heterocycles. The number of hydrogen-bond acceptors (Lipinski definition) is 4. The van der Waals surface area contributed by atoms with E-state index in [0.29, 0.717) is 18.5 Å². The molecule has 0 spiro atoms. The van der Waals surface area contributed by atoms with E-state index in [-0.39, 0.29) is 5.91 Å². The van der Waals surface area contributed by atoms with E-state index >= 15 is 0 Å². The summed E-state index contributed by atoms with van der Waals surface area (Å²) in [4.78, 5) is 14.4. The molecule has 0 aromatic heterocycles. The molecule has 5 heteroatoms. The zero-order valence-electron chi connectivity index (χ0n) is 12.5. The van der Waals surface area contributed by atoms with Crippen molar-refractivity contribution in [2.45, 2.75) is 18.9 Å². The van der Waals surface area contributed by atoms with Gasteiger partial charge in [0, 0.05) is 30.9 Å². The summed E-state index contributed by atoms with van der Waals surface area (Å²) >= 11 is 0. The fourth-order valence-electron chi connectivity index (χ4n) is 3.37. The molecule has 2 heterocycles. The SMILES string of the molecule is COc1cccc(NC(=O)CN2CCC3NCCC3C2)c1. The molecule has 1 aromatic carbocycles. The quantitative estimate of drug-likeness (QED) is 0.878.